The fourth-order valence-corrected chi connectivity index (χ4v) is 5.07. The number of aryl methyl sites for hydroxylation is 2. The Morgan fingerprint density at radius 1 is 1.23 bits per heavy atom. The van der Waals surface area contributed by atoms with E-state index in [-0.39, 0.29) is 17.4 Å². The smallest absolute Gasteiger partial charge is 0.274 e. The summed E-state index contributed by atoms with van der Waals surface area (Å²) >= 11 is 0. The minimum absolute atomic E-state index is 0.0805. The Morgan fingerprint density at radius 2 is 2.03 bits per heavy atom. The average Bonchev–Trinajstić information content (AvgIpc) is 3.45. The predicted molar refractivity (Wildman–Crippen MR) is 155 cm³/mol. The summed E-state index contributed by atoms with van der Waals surface area (Å²) in [6.45, 7) is 9.93. The van der Waals surface area contributed by atoms with Crippen molar-refractivity contribution in [2.75, 3.05) is 30.8 Å². The minimum Gasteiger partial charge on any atom is -0.393 e. The van der Waals surface area contributed by atoms with Crippen LogP contribution in [0.4, 0.5) is 11.4 Å². The molecule has 0 unspecified atom stereocenters. The zero-order valence-electron chi connectivity index (χ0n) is 23.4. The number of rotatable bonds is 10. The van der Waals surface area contributed by atoms with Gasteiger partial charge < -0.3 is 21.4 Å². The van der Waals surface area contributed by atoms with Crippen LogP contribution in [0.25, 0.3) is 11.2 Å². The van der Waals surface area contributed by atoms with Gasteiger partial charge >= 0.3 is 0 Å². The maximum Gasteiger partial charge on any atom is 0.274 e. The lowest BCUT2D eigenvalue weighted by Gasteiger charge is -2.31. The van der Waals surface area contributed by atoms with Gasteiger partial charge in [-0.05, 0) is 70.3 Å². The number of amides is 2. The summed E-state index contributed by atoms with van der Waals surface area (Å²) in [7, 11) is 1.78. The van der Waals surface area contributed by atoms with Gasteiger partial charge in [-0.1, -0.05) is 6.92 Å². The second-order valence-corrected chi connectivity index (χ2v) is 10.4. The molecule has 4 heterocycles. The number of nitrogens with one attached hydrogen (secondary N) is 4. The third-order valence-corrected chi connectivity index (χ3v) is 7.34. The van der Waals surface area contributed by atoms with Crippen molar-refractivity contribution in [3.63, 3.8) is 0 Å². The van der Waals surface area contributed by atoms with Crippen LogP contribution in [-0.2, 0) is 11.2 Å². The molecule has 1 aliphatic rings. The largest absolute Gasteiger partial charge is 0.393 e. The zero-order valence-corrected chi connectivity index (χ0v) is 23.4. The lowest BCUT2D eigenvalue weighted by atomic mass is 10.0. The number of imidazole rings is 1. The van der Waals surface area contributed by atoms with Crippen LogP contribution < -0.4 is 16.0 Å². The number of carbonyl (C=O) groups excluding carboxylic acids is 2. The number of hydrogen-bond acceptors (Lipinski definition) is 7. The fourth-order valence-electron chi connectivity index (χ4n) is 5.07. The molecule has 4 N–H and O–H groups in total. The molecule has 0 radical (unpaired) electrons. The molecule has 1 saturated heterocycles. The molecular formula is C29H38N8O2. The van der Waals surface area contributed by atoms with Gasteiger partial charge in [-0.3, -0.25) is 23.9 Å². The average molecular weight is 531 g/mol. The highest BCUT2D eigenvalue weighted by Gasteiger charge is 2.31. The van der Waals surface area contributed by atoms with E-state index in [0.29, 0.717) is 59.1 Å². The summed E-state index contributed by atoms with van der Waals surface area (Å²) in [4.78, 5) is 37.6. The van der Waals surface area contributed by atoms with Crippen molar-refractivity contribution in [2.45, 2.75) is 58.9 Å². The molecule has 1 aliphatic heterocycles. The first-order chi connectivity index (χ1) is 18.7. The van der Waals surface area contributed by atoms with Gasteiger partial charge in [0.1, 0.15) is 11.3 Å². The number of allylic oxidation sites excluding steroid dienone is 1. The van der Waals surface area contributed by atoms with E-state index >= 15 is 0 Å². The monoisotopic (exact) mass is 530 g/mol. The van der Waals surface area contributed by atoms with Gasteiger partial charge in [-0.15, -0.1) is 0 Å². The van der Waals surface area contributed by atoms with Gasteiger partial charge in [-0.2, -0.15) is 0 Å². The van der Waals surface area contributed by atoms with E-state index in [9.17, 15) is 9.59 Å². The van der Waals surface area contributed by atoms with Crippen LogP contribution in [0.3, 0.4) is 0 Å². The summed E-state index contributed by atoms with van der Waals surface area (Å²) in [5, 5.41) is 16.5. The first-order valence-electron chi connectivity index (χ1n) is 13.4. The van der Waals surface area contributed by atoms with E-state index in [2.05, 4.69) is 44.7 Å². The van der Waals surface area contributed by atoms with E-state index in [1.54, 1.807) is 36.1 Å². The molecule has 4 rings (SSSR count). The molecular weight excluding hydrogens is 492 g/mol. The maximum atomic E-state index is 13.5. The van der Waals surface area contributed by atoms with Crippen molar-refractivity contribution in [2.24, 2.45) is 0 Å². The van der Waals surface area contributed by atoms with Crippen LogP contribution >= 0.6 is 0 Å². The summed E-state index contributed by atoms with van der Waals surface area (Å²) in [5.41, 5.74) is 5.09. The summed E-state index contributed by atoms with van der Waals surface area (Å²) in [5.74, 6) is -0.391. The summed E-state index contributed by atoms with van der Waals surface area (Å²) < 4.78 is 1.76. The molecule has 0 aliphatic carbocycles. The lowest BCUT2D eigenvalue weighted by molar-refractivity contribution is -0.116. The molecule has 10 heteroatoms. The molecule has 3 aromatic rings. The van der Waals surface area contributed by atoms with Crippen LogP contribution in [0.5, 0.6) is 0 Å². The fraction of sp³-hybridized carbons (Fsp3) is 0.414. The van der Waals surface area contributed by atoms with E-state index in [1.807, 2.05) is 26.0 Å². The second kappa shape index (κ2) is 11.8. The number of nitrogens with zero attached hydrogens (tertiary/aromatic N) is 4. The van der Waals surface area contributed by atoms with E-state index in [4.69, 9.17) is 5.41 Å². The van der Waals surface area contributed by atoms with E-state index in [1.165, 1.54) is 6.21 Å². The molecule has 39 heavy (non-hydrogen) atoms. The first-order valence-corrected chi connectivity index (χ1v) is 13.4. The van der Waals surface area contributed by atoms with Crippen molar-refractivity contribution in [3.05, 3.63) is 59.4 Å². The van der Waals surface area contributed by atoms with Crippen molar-refractivity contribution < 1.29 is 9.59 Å². The van der Waals surface area contributed by atoms with Gasteiger partial charge in [-0.25, -0.2) is 4.98 Å². The van der Waals surface area contributed by atoms with E-state index < -0.39 is 0 Å². The van der Waals surface area contributed by atoms with Crippen LogP contribution in [0, 0.1) is 12.3 Å². The SMILES string of the molecule is CCc1nc2cc(/C(C=N)=C/NC)ccn2c1C(=O)Nc1cc(NC(=O)CCN2CCCC2(C)C)cnc1C. The molecule has 0 spiro atoms. The van der Waals surface area contributed by atoms with Crippen molar-refractivity contribution in [1.29, 1.82) is 5.41 Å². The molecule has 0 atom stereocenters. The third-order valence-electron chi connectivity index (χ3n) is 7.34. The highest BCUT2D eigenvalue weighted by Crippen LogP contribution is 2.28. The van der Waals surface area contributed by atoms with Gasteiger partial charge in [0.05, 0.1) is 29.0 Å². The Labute approximate surface area is 229 Å². The second-order valence-electron chi connectivity index (χ2n) is 10.4. The van der Waals surface area contributed by atoms with Gasteiger partial charge in [0.15, 0.2) is 0 Å². The number of anilines is 2. The lowest BCUT2D eigenvalue weighted by Crippen LogP contribution is -2.39. The molecule has 0 saturated carbocycles. The standard InChI is InChI=1S/C29H38N8O2/c1-6-23-27(37-13-8-20(14-25(37)34-23)21(16-30)17-31-5)28(39)35-24-15-22(18-32-19(24)2)33-26(38)9-12-36-11-7-10-29(36,3)4/h8,13-18,30-31H,6-7,9-12H2,1-5H3,(H,33,38)(H,35,39)/b21-17+,30-16?. The van der Waals surface area contributed by atoms with Crippen LogP contribution in [0.1, 0.15) is 67.5 Å². The molecule has 1 fully saturated rings. The molecule has 2 amide bonds. The number of hydrogen-bond donors (Lipinski definition) is 4. The Hall–Kier alpha value is -4.05. The summed E-state index contributed by atoms with van der Waals surface area (Å²) in [6, 6.07) is 5.45. The normalized spacial score (nSPS) is 15.4. The quantitative estimate of drug-likeness (QED) is 0.290. The van der Waals surface area contributed by atoms with Crippen LogP contribution in [0.2, 0.25) is 0 Å². The van der Waals surface area contributed by atoms with Crippen LogP contribution in [-0.4, -0.2) is 63.0 Å². The minimum atomic E-state index is -0.310. The zero-order chi connectivity index (χ0) is 28.2. The number of likely N-dealkylation sites (tertiary alicyclic amines) is 1. The van der Waals surface area contributed by atoms with Crippen molar-refractivity contribution in [1.82, 2.24) is 24.6 Å². The Morgan fingerprint density at radius 3 is 2.69 bits per heavy atom. The van der Waals surface area contributed by atoms with Gasteiger partial charge in [0, 0.05) is 49.7 Å². The molecule has 0 aromatic carbocycles. The van der Waals surface area contributed by atoms with Gasteiger partial charge in [0.2, 0.25) is 5.91 Å². The van der Waals surface area contributed by atoms with Gasteiger partial charge in [0.25, 0.3) is 5.91 Å². The molecule has 206 valence electrons. The Balaban J connectivity index is 1.51. The molecule has 0 bridgehead atoms. The predicted octanol–water partition coefficient (Wildman–Crippen LogP) is 4.27. The number of fused-ring (bicyclic) bond motifs is 1. The van der Waals surface area contributed by atoms with Crippen LogP contribution in [0.15, 0.2) is 36.8 Å². The topological polar surface area (TPSA) is 128 Å². The Bertz CT molecular complexity index is 1420. The maximum absolute atomic E-state index is 13.5. The third kappa shape index (κ3) is 6.17. The Kier molecular flexibility index (Phi) is 8.44. The van der Waals surface area contributed by atoms with E-state index in [0.717, 1.165) is 24.9 Å². The van der Waals surface area contributed by atoms with Crippen molar-refractivity contribution in [3.8, 4) is 0 Å². The highest BCUT2D eigenvalue weighted by atomic mass is 16.2. The molecule has 3 aromatic heterocycles. The number of pyridine rings is 2. The summed E-state index contributed by atoms with van der Waals surface area (Å²) in [6.07, 6.45) is 9.68. The number of carbonyl (C=O) groups is 2. The first kappa shape index (κ1) is 28.0. The number of aromatic nitrogens is 3. The van der Waals surface area contributed by atoms with Crippen molar-refractivity contribution >= 4 is 40.6 Å². The highest BCUT2D eigenvalue weighted by molar-refractivity contribution is 6.09. The molecule has 10 nitrogen and oxygen atoms in total.